The Kier molecular flexibility index (Phi) is 6.91. The Hall–Kier alpha value is -2.99. The summed E-state index contributed by atoms with van der Waals surface area (Å²) in [4.78, 5) is 4.27. The van der Waals surface area contributed by atoms with Crippen LogP contribution in [-0.4, -0.2) is 21.1 Å². The minimum atomic E-state index is -4.40. The van der Waals surface area contributed by atoms with Crippen LogP contribution in [-0.2, 0) is 0 Å². The zero-order valence-electron chi connectivity index (χ0n) is 17.1. The van der Waals surface area contributed by atoms with E-state index in [-0.39, 0.29) is 5.69 Å². The molecule has 1 N–H and O–H groups in total. The lowest BCUT2D eigenvalue weighted by Crippen LogP contribution is -2.16. The number of fused-ring (bicyclic) bond motifs is 1. The van der Waals surface area contributed by atoms with Gasteiger partial charge in [0.15, 0.2) is 0 Å². The maximum atomic E-state index is 13.6. The van der Waals surface area contributed by atoms with E-state index < -0.39 is 18.5 Å². The fourth-order valence-corrected chi connectivity index (χ4v) is 3.84. The lowest BCUT2D eigenvalue weighted by Gasteiger charge is -2.21. The average Bonchev–Trinajstić information content (AvgIpc) is 3.06. The summed E-state index contributed by atoms with van der Waals surface area (Å²) in [5.41, 5.74) is 1.79. The predicted molar refractivity (Wildman–Crippen MR) is 118 cm³/mol. The molecule has 2 aromatic carbocycles. The van der Waals surface area contributed by atoms with Crippen molar-refractivity contribution in [2.45, 2.75) is 32.4 Å². The first-order valence-electron chi connectivity index (χ1n) is 9.91. The molecule has 2 aromatic heterocycles. The van der Waals surface area contributed by atoms with Gasteiger partial charge in [-0.25, -0.2) is 0 Å². The average molecular weight is 447 g/mol. The first kappa shape index (κ1) is 22.7. The number of nitrogens with zero attached hydrogens (tertiary/aromatic N) is 2. The molecule has 0 aliphatic carbocycles. The van der Waals surface area contributed by atoms with Crippen molar-refractivity contribution >= 4 is 22.5 Å². The van der Waals surface area contributed by atoms with E-state index in [1.54, 1.807) is 60.7 Å². The summed E-state index contributed by atoms with van der Waals surface area (Å²) in [7, 11) is 0. The first-order valence-corrected chi connectivity index (χ1v) is 10.3. The van der Waals surface area contributed by atoms with Gasteiger partial charge in [-0.1, -0.05) is 67.9 Å². The predicted octanol–water partition coefficient (Wildman–Crippen LogP) is 7.70. The van der Waals surface area contributed by atoms with Crippen LogP contribution in [0.25, 0.3) is 22.3 Å². The molecule has 0 spiro atoms. The van der Waals surface area contributed by atoms with E-state index in [0.717, 1.165) is 4.73 Å². The van der Waals surface area contributed by atoms with Gasteiger partial charge < -0.3 is 5.21 Å². The number of aromatic nitrogens is 2. The van der Waals surface area contributed by atoms with Crippen LogP contribution in [0.1, 0.15) is 37.3 Å². The van der Waals surface area contributed by atoms with E-state index in [4.69, 9.17) is 11.6 Å². The Balaban J connectivity index is 0.00000132. The number of halogens is 4. The van der Waals surface area contributed by atoms with Gasteiger partial charge in [0.2, 0.25) is 0 Å². The van der Waals surface area contributed by atoms with E-state index in [9.17, 15) is 18.4 Å². The summed E-state index contributed by atoms with van der Waals surface area (Å²) >= 11 is 6.08. The van der Waals surface area contributed by atoms with Crippen molar-refractivity contribution in [3.63, 3.8) is 0 Å². The van der Waals surface area contributed by atoms with Crippen molar-refractivity contribution in [2.75, 3.05) is 0 Å². The molecule has 1 atom stereocenters. The summed E-state index contributed by atoms with van der Waals surface area (Å²) in [6, 6.07) is 18.3. The lowest BCUT2D eigenvalue weighted by atomic mass is 9.85. The van der Waals surface area contributed by atoms with Gasteiger partial charge in [-0.3, -0.25) is 4.98 Å². The molecular formula is C24H22ClF3N2O. The summed E-state index contributed by atoms with van der Waals surface area (Å²) in [6.07, 6.45) is -3.94. The lowest BCUT2D eigenvalue weighted by molar-refractivity contribution is -0.136. The van der Waals surface area contributed by atoms with Crippen LogP contribution in [0.15, 0.2) is 72.9 Å². The van der Waals surface area contributed by atoms with Crippen molar-refractivity contribution < 1.29 is 18.4 Å². The van der Waals surface area contributed by atoms with Gasteiger partial charge in [-0.15, -0.1) is 0 Å². The van der Waals surface area contributed by atoms with Crippen LogP contribution in [0, 0.1) is 0 Å². The molecule has 2 heterocycles. The van der Waals surface area contributed by atoms with Gasteiger partial charge in [-0.2, -0.15) is 17.9 Å². The molecule has 0 bridgehead atoms. The summed E-state index contributed by atoms with van der Waals surface area (Å²) in [6.45, 7) is 4.00. The van der Waals surface area contributed by atoms with Crippen LogP contribution in [0.3, 0.4) is 0 Å². The molecule has 0 fully saturated rings. The van der Waals surface area contributed by atoms with Crippen molar-refractivity contribution in [2.24, 2.45) is 0 Å². The number of hydrogen-bond donors (Lipinski definition) is 1. The molecule has 31 heavy (non-hydrogen) atoms. The maximum absolute atomic E-state index is 13.6. The number of rotatable bonds is 4. The van der Waals surface area contributed by atoms with Crippen LogP contribution < -0.4 is 0 Å². The van der Waals surface area contributed by atoms with Crippen molar-refractivity contribution in [1.82, 2.24) is 9.71 Å². The molecule has 1 unspecified atom stereocenters. The Labute approximate surface area is 183 Å². The highest BCUT2D eigenvalue weighted by Gasteiger charge is 2.37. The molecule has 7 heteroatoms. The summed E-state index contributed by atoms with van der Waals surface area (Å²) < 4.78 is 41.6. The third-order valence-electron chi connectivity index (χ3n) is 4.84. The Morgan fingerprint density at radius 2 is 1.68 bits per heavy atom. The number of alkyl halides is 3. The summed E-state index contributed by atoms with van der Waals surface area (Å²) in [5, 5.41) is 11.7. The normalized spacial score (nSPS) is 12.3. The Bertz CT molecular complexity index is 1140. The van der Waals surface area contributed by atoms with Crippen LogP contribution >= 0.6 is 11.6 Å². The van der Waals surface area contributed by atoms with Crippen molar-refractivity contribution in [3.8, 4) is 11.4 Å². The van der Waals surface area contributed by atoms with E-state index in [2.05, 4.69) is 4.98 Å². The molecule has 0 radical (unpaired) electrons. The van der Waals surface area contributed by atoms with Crippen LogP contribution in [0.4, 0.5) is 13.2 Å². The molecule has 0 amide bonds. The molecule has 0 aliphatic rings. The van der Waals surface area contributed by atoms with E-state index in [0.29, 0.717) is 32.7 Å². The topological polar surface area (TPSA) is 38.0 Å². The molecule has 4 rings (SSSR count). The third kappa shape index (κ3) is 4.85. The molecule has 0 saturated carbocycles. The molecule has 3 nitrogen and oxygen atoms in total. The first-order chi connectivity index (χ1) is 14.8. The second kappa shape index (κ2) is 9.43. The molecule has 0 aliphatic heterocycles. The van der Waals surface area contributed by atoms with E-state index in [1.165, 1.54) is 12.3 Å². The van der Waals surface area contributed by atoms with Gasteiger partial charge in [0.05, 0.1) is 17.6 Å². The Morgan fingerprint density at radius 3 is 2.29 bits per heavy atom. The highest BCUT2D eigenvalue weighted by molar-refractivity contribution is 6.31. The fraction of sp³-hybridized carbons (Fsp3) is 0.208. The zero-order chi connectivity index (χ0) is 22.6. The highest BCUT2D eigenvalue weighted by atomic mass is 35.5. The monoisotopic (exact) mass is 446 g/mol. The van der Waals surface area contributed by atoms with E-state index >= 15 is 0 Å². The van der Waals surface area contributed by atoms with Crippen LogP contribution in [0.2, 0.25) is 5.02 Å². The minimum absolute atomic E-state index is 0.223. The number of hydrogen-bond acceptors (Lipinski definition) is 2. The molecule has 162 valence electrons. The minimum Gasteiger partial charge on any atom is -0.428 e. The van der Waals surface area contributed by atoms with Crippen molar-refractivity contribution in [3.05, 3.63) is 89.1 Å². The van der Waals surface area contributed by atoms with E-state index in [1.807, 2.05) is 13.8 Å². The van der Waals surface area contributed by atoms with Gasteiger partial charge in [0, 0.05) is 22.5 Å². The Morgan fingerprint density at radius 1 is 1.00 bits per heavy atom. The van der Waals surface area contributed by atoms with Gasteiger partial charge in [-0.05, 0) is 35.4 Å². The second-order valence-electron chi connectivity index (χ2n) is 6.73. The standard InChI is InChI=1S/C22H16ClF3N2O.C2H6/c23-15-9-10-16-19(12-15)28(29)21(18-8-4-5-11-27-18)20(16)17(13-22(24,25)26)14-6-2-1-3-7-14;1-2/h1-12,17,29H,13H2;1-2H3. The molecule has 0 saturated heterocycles. The van der Waals surface area contributed by atoms with Crippen molar-refractivity contribution in [1.29, 1.82) is 0 Å². The SMILES string of the molecule is CC.On1c(-c2ccccn2)c(C(CC(F)(F)F)c2ccccc2)c2ccc(Cl)cc21. The second-order valence-corrected chi connectivity index (χ2v) is 7.17. The number of pyridine rings is 1. The van der Waals surface area contributed by atoms with Crippen LogP contribution in [0.5, 0.6) is 0 Å². The van der Waals surface area contributed by atoms with Gasteiger partial charge in [0.25, 0.3) is 0 Å². The van der Waals surface area contributed by atoms with Gasteiger partial charge in [0.1, 0.15) is 5.69 Å². The smallest absolute Gasteiger partial charge is 0.390 e. The fourth-order valence-electron chi connectivity index (χ4n) is 3.68. The third-order valence-corrected chi connectivity index (χ3v) is 5.07. The molecular weight excluding hydrogens is 425 g/mol. The quantitative estimate of drug-likeness (QED) is 0.326. The van der Waals surface area contributed by atoms with Gasteiger partial charge >= 0.3 is 6.18 Å². The highest BCUT2D eigenvalue weighted by Crippen LogP contribution is 2.44. The largest absolute Gasteiger partial charge is 0.428 e. The zero-order valence-corrected chi connectivity index (χ0v) is 17.8. The number of benzene rings is 2. The summed E-state index contributed by atoms with van der Waals surface area (Å²) in [5.74, 6) is -1.02. The molecule has 4 aromatic rings. The maximum Gasteiger partial charge on any atom is 0.390 e.